The van der Waals surface area contributed by atoms with Crippen molar-refractivity contribution in [3.8, 4) is 0 Å². The molecule has 0 aliphatic heterocycles. The second kappa shape index (κ2) is 9.15. The molecule has 0 spiro atoms. The van der Waals surface area contributed by atoms with E-state index in [0.29, 0.717) is 13.2 Å². The maximum Gasteiger partial charge on any atom is 0.0948 e. The maximum absolute atomic E-state index is 8.52. The van der Waals surface area contributed by atoms with Gasteiger partial charge in [-0.1, -0.05) is 6.92 Å². The Balaban J connectivity index is 2.07. The van der Waals surface area contributed by atoms with Crippen LogP contribution in [0.3, 0.4) is 0 Å². The van der Waals surface area contributed by atoms with E-state index in [9.17, 15) is 0 Å². The number of aryl methyl sites for hydroxylation is 1. The largest absolute Gasteiger partial charge is 0.394 e. The van der Waals surface area contributed by atoms with Crippen LogP contribution in [0.15, 0.2) is 12.5 Å². The van der Waals surface area contributed by atoms with Crippen LogP contribution in [0.2, 0.25) is 0 Å². The zero-order valence-corrected chi connectivity index (χ0v) is 10.6. The number of imidazole rings is 1. The molecule has 0 bridgehead atoms. The average molecular weight is 241 g/mol. The summed E-state index contributed by atoms with van der Waals surface area (Å²) in [5.74, 6) is 0. The Kier molecular flexibility index (Phi) is 7.62. The normalized spacial score (nSPS) is 10.9. The summed E-state index contributed by atoms with van der Waals surface area (Å²) in [6, 6.07) is 0. The average Bonchev–Trinajstić information content (AvgIpc) is 2.76. The SMILES string of the molecule is CCCn1cncc1CNCCCOCCO. The number of rotatable bonds is 10. The Morgan fingerprint density at radius 3 is 3.12 bits per heavy atom. The van der Waals surface area contributed by atoms with Crippen molar-refractivity contribution in [1.29, 1.82) is 0 Å². The summed E-state index contributed by atoms with van der Waals surface area (Å²) >= 11 is 0. The third-order valence-electron chi connectivity index (χ3n) is 2.45. The van der Waals surface area contributed by atoms with Gasteiger partial charge in [-0.05, 0) is 19.4 Å². The molecule has 0 saturated heterocycles. The van der Waals surface area contributed by atoms with E-state index in [1.165, 1.54) is 5.69 Å². The van der Waals surface area contributed by atoms with Crippen molar-refractivity contribution in [3.05, 3.63) is 18.2 Å². The lowest BCUT2D eigenvalue weighted by Crippen LogP contribution is -2.18. The lowest BCUT2D eigenvalue weighted by molar-refractivity contribution is 0.0907. The van der Waals surface area contributed by atoms with Gasteiger partial charge in [-0.3, -0.25) is 0 Å². The van der Waals surface area contributed by atoms with Crippen LogP contribution < -0.4 is 5.32 Å². The van der Waals surface area contributed by atoms with E-state index in [4.69, 9.17) is 9.84 Å². The summed E-state index contributed by atoms with van der Waals surface area (Å²) in [6.45, 7) is 6.18. The van der Waals surface area contributed by atoms with Gasteiger partial charge in [0.2, 0.25) is 0 Å². The van der Waals surface area contributed by atoms with Gasteiger partial charge in [0.1, 0.15) is 0 Å². The molecule has 0 aliphatic rings. The first-order valence-corrected chi connectivity index (χ1v) is 6.26. The van der Waals surface area contributed by atoms with Crippen LogP contribution in [0, 0.1) is 0 Å². The Morgan fingerprint density at radius 2 is 2.35 bits per heavy atom. The summed E-state index contributed by atoms with van der Waals surface area (Å²) in [4.78, 5) is 4.15. The first-order chi connectivity index (χ1) is 8.38. The molecule has 0 unspecified atom stereocenters. The summed E-state index contributed by atoms with van der Waals surface area (Å²) in [6.07, 6.45) is 5.87. The van der Waals surface area contributed by atoms with Crippen molar-refractivity contribution in [1.82, 2.24) is 14.9 Å². The highest BCUT2D eigenvalue weighted by Crippen LogP contribution is 2.00. The number of nitrogens with zero attached hydrogens (tertiary/aromatic N) is 2. The summed E-state index contributed by atoms with van der Waals surface area (Å²) in [7, 11) is 0. The highest BCUT2D eigenvalue weighted by atomic mass is 16.5. The van der Waals surface area contributed by atoms with Crippen LogP contribution in [-0.2, 0) is 17.8 Å². The standard InChI is InChI=1S/C12H23N3O2/c1-2-5-15-11-14-10-12(15)9-13-4-3-7-17-8-6-16/h10-11,13,16H,2-9H2,1H3. The lowest BCUT2D eigenvalue weighted by atomic mass is 10.4. The van der Waals surface area contributed by atoms with Gasteiger partial charge in [-0.2, -0.15) is 0 Å². The van der Waals surface area contributed by atoms with Gasteiger partial charge >= 0.3 is 0 Å². The number of hydrogen-bond donors (Lipinski definition) is 2. The van der Waals surface area contributed by atoms with Crippen LogP contribution >= 0.6 is 0 Å². The van der Waals surface area contributed by atoms with Gasteiger partial charge in [0.05, 0.1) is 25.2 Å². The zero-order chi connectivity index (χ0) is 12.3. The van der Waals surface area contributed by atoms with Crippen molar-refractivity contribution >= 4 is 0 Å². The zero-order valence-electron chi connectivity index (χ0n) is 10.6. The molecule has 0 aliphatic carbocycles. The van der Waals surface area contributed by atoms with Crippen molar-refractivity contribution in [2.45, 2.75) is 32.9 Å². The van der Waals surface area contributed by atoms with E-state index in [1.54, 1.807) is 0 Å². The van der Waals surface area contributed by atoms with Crippen LogP contribution in [0.1, 0.15) is 25.5 Å². The molecule has 17 heavy (non-hydrogen) atoms. The minimum absolute atomic E-state index is 0.101. The highest BCUT2D eigenvalue weighted by Gasteiger charge is 1.99. The summed E-state index contributed by atoms with van der Waals surface area (Å²) in [5, 5.41) is 11.9. The van der Waals surface area contributed by atoms with Crippen molar-refractivity contribution in [2.75, 3.05) is 26.4 Å². The van der Waals surface area contributed by atoms with E-state index in [0.717, 1.165) is 32.5 Å². The third-order valence-corrected chi connectivity index (χ3v) is 2.45. The van der Waals surface area contributed by atoms with Gasteiger partial charge in [0, 0.05) is 25.9 Å². The molecule has 0 amide bonds. The molecule has 0 saturated carbocycles. The fourth-order valence-corrected chi connectivity index (χ4v) is 1.62. The number of aliphatic hydroxyl groups excluding tert-OH is 1. The number of nitrogens with one attached hydrogen (secondary N) is 1. The Bertz CT molecular complexity index is 289. The smallest absolute Gasteiger partial charge is 0.0948 e. The molecule has 1 rings (SSSR count). The van der Waals surface area contributed by atoms with Gasteiger partial charge < -0.3 is 19.7 Å². The molecule has 0 atom stereocenters. The van der Waals surface area contributed by atoms with E-state index in [2.05, 4.69) is 21.8 Å². The molecule has 1 aromatic heterocycles. The predicted octanol–water partition coefficient (Wildman–Crippen LogP) is 0.782. The highest BCUT2D eigenvalue weighted by molar-refractivity contribution is 4.97. The maximum atomic E-state index is 8.52. The molecule has 2 N–H and O–H groups in total. The topological polar surface area (TPSA) is 59.3 Å². The molecule has 0 fully saturated rings. The van der Waals surface area contributed by atoms with E-state index in [1.807, 2.05) is 12.5 Å². The minimum Gasteiger partial charge on any atom is -0.394 e. The van der Waals surface area contributed by atoms with Gasteiger partial charge in [-0.15, -0.1) is 0 Å². The monoisotopic (exact) mass is 241 g/mol. The van der Waals surface area contributed by atoms with E-state index >= 15 is 0 Å². The van der Waals surface area contributed by atoms with Crippen LogP contribution in [0.4, 0.5) is 0 Å². The van der Waals surface area contributed by atoms with Crippen molar-refractivity contribution < 1.29 is 9.84 Å². The number of hydrogen-bond acceptors (Lipinski definition) is 4. The Hall–Kier alpha value is -0.910. The molecular weight excluding hydrogens is 218 g/mol. The molecule has 1 aromatic rings. The first-order valence-electron chi connectivity index (χ1n) is 6.26. The predicted molar refractivity (Wildman–Crippen MR) is 66.7 cm³/mol. The minimum atomic E-state index is 0.101. The van der Waals surface area contributed by atoms with Crippen LogP contribution in [-0.4, -0.2) is 41.0 Å². The molecule has 98 valence electrons. The van der Waals surface area contributed by atoms with Crippen LogP contribution in [0.5, 0.6) is 0 Å². The van der Waals surface area contributed by atoms with Crippen LogP contribution in [0.25, 0.3) is 0 Å². The lowest BCUT2D eigenvalue weighted by Gasteiger charge is -2.08. The summed E-state index contributed by atoms with van der Waals surface area (Å²) in [5.41, 5.74) is 1.23. The molecule has 5 heteroatoms. The Morgan fingerprint density at radius 1 is 1.47 bits per heavy atom. The van der Waals surface area contributed by atoms with E-state index in [-0.39, 0.29) is 6.61 Å². The van der Waals surface area contributed by atoms with Gasteiger partial charge in [0.15, 0.2) is 0 Å². The number of ether oxygens (including phenoxy) is 1. The third kappa shape index (κ3) is 5.81. The summed E-state index contributed by atoms with van der Waals surface area (Å²) < 4.78 is 7.35. The molecule has 0 radical (unpaired) electrons. The fraction of sp³-hybridized carbons (Fsp3) is 0.750. The molecule has 5 nitrogen and oxygen atoms in total. The molecule has 1 heterocycles. The second-order valence-corrected chi connectivity index (χ2v) is 3.94. The van der Waals surface area contributed by atoms with Crippen molar-refractivity contribution in [3.63, 3.8) is 0 Å². The Labute approximate surface area is 103 Å². The van der Waals surface area contributed by atoms with Crippen molar-refractivity contribution in [2.24, 2.45) is 0 Å². The number of aliphatic hydroxyl groups is 1. The van der Waals surface area contributed by atoms with Gasteiger partial charge in [-0.25, -0.2) is 4.98 Å². The van der Waals surface area contributed by atoms with Gasteiger partial charge in [0.25, 0.3) is 0 Å². The quantitative estimate of drug-likeness (QED) is 0.594. The fourth-order valence-electron chi connectivity index (χ4n) is 1.62. The molecular formula is C12H23N3O2. The number of aromatic nitrogens is 2. The second-order valence-electron chi connectivity index (χ2n) is 3.94. The van der Waals surface area contributed by atoms with E-state index < -0.39 is 0 Å². The first kappa shape index (κ1) is 14.2. The molecule has 0 aromatic carbocycles.